The maximum Gasteiger partial charge on any atom is 0.269 e. The Morgan fingerprint density at radius 3 is 2.62 bits per heavy atom. The largest absolute Gasteiger partial charge is 0.290 e. The second-order valence-corrected chi connectivity index (χ2v) is 6.71. The first-order valence-electron chi connectivity index (χ1n) is 7.73. The fourth-order valence-corrected chi connectivity index (χ4v) is 3.63. The summed E-state index contributed by atoms with van der Waals surface area (Å²) >= 11 is 1.56. The van der Waals surface area contributed by atoms with Crippen LogP contribution in [0, 0.1) is 15.9 Å². The van der Waals surface area contributed by atoms with Gasteiger partial charge in [0.15, 0.2) is 0 Å². The van der Waals surface area contributed by atoms with Gasteiger partial charge in [0.25, 0.3) is 11.6 Å². The quantitative estimate of drug-likeness (QED) is 0.476. The fraction of sp³-hybridized carbons (Fsp3) is 0.176. The Kier molecular flexibility index (Phi) is 5.59. The molecule has 2 N–H and O–H groups in total. The first-order chi connectivity index (χ1) is 12.5. The molecule has 1 aliphatic rings. The molecule has 2 aromatic rings. The van der Waals surface area contributed by atoms with Crippen molar-refractivity contribution in [2.45, 2.75) is 11.4 Å². The average molecular weight is 374 g/mol. The van der Waals surface area contributed by atoms with E-state index in [1.807, 2.05) is 0 Å². The van der Waals surface area contributed by atoms with Crippen molar-refractivity contribution in [1.82, 2.24) is 10.7 Å². The van der Waals surface area contributed by atoms with Crippen LogP contribution < -0.4 is 10.7 Å². The molecule has 0 saturated carbocycles. The highest BCUT2D eigenvalue weighted by molar-refractivity contribution is 7.99. The highest BCUT2D eigenvalue weighted by Crippen LogP contribution is 2.32. The van der Waals surface area contributed by atoms with E-state index in [2.05, 4.69) is 15.8 Å². The van der Waals surface area contributed by atoms with E-state index < -0.39 is 11.0 Å². The molecule has 1 fully saturated rings. The topological polar surface area (TPSA) is 96.6 Å². The first kappa shape index (κ1) is 18.0. The zero-order valence-corrected chi connectivity index (χ0v) is 14.3. The number of hydrogen-bond donors (Lipinski definition) is 2. The molecule has 134 valence electrons. The molecule has 1 amide bonds. The van der Waals surface area contributed by atoms with Crippen molar-refractivity contribution < 1.29 is 14.1 Å². The van der Waals surface area contributed by atoms with Crippen LogP contribution in [0.2, 0.25) is 0 Å². The van der Waals surface area contributed by atoms with Gasteiger partial charge < -0.3 is 0 Å². The van der Waals surface area contributed by atoms with Crippen LogP contribution in [0.15, 0.2) is 53.6 Å². The average Bonchev–Trinajstić information content (AvgIpc) is 3.13. The summed E-state index contributed by atoms with van der Waals surface area (Å²) in [7, 11) is 0. The number of nitro groups is 1. The fourth-order valence-electron chi connectivity index (χ4n) is 2.38. The van der Waals surface area contributed by atoms with Gasteiger partial charge >= 0.3 is 0 Å². The van der Waals surface area contributed by atoms with Crippen LogP contribution in [-0.2, 0) is 4.79 Å². The van der Waals surface area contributed by atoms with Crippen LogP contribution in [0.1, 0.15) is 16.5 Å². The van der Waals surface area contributed by atoms with E-state index in [-0.39, 0.29) is 22.8 Å². The third-order valence-corrected chi connectivity index (χ3v) is 5.03. The minimum absolute atomic E-state index is 0.00907. The third-order valence-electron chi connectivity index (χ3n) is 3.76. The highest BCUT2D eigenvalue weighted by atomic mass is 32.2. The Balaban J connectivity index is 1.52. The molecule has 2 atom stereocenters. The highest BCUT2D eigenvalue weighted by Gasteiger charge is 2.30. The molecule has 0 bridgehead atoms. The number of nitrogens with zero attached hydrogens (tertiary/aromatic N) is 2. The van der Waals surface area contributed by atoms with E-state index in [0.29, 0.717) is 11.3 Å². The number of amides is 1. The summed E-state index contributed by atoms with van der Waals surface area (Å²) in [6.07, 6.45) is 1.42. The molecule has 2 aromatic carbocycles. The van der Waals surface area contributed by atoms with Crippen LogP contribution in [0.3, 0.4) is 0 Å². The van der Waals surface area contributed by atoms with Crippen molar-refractivity contribution >= 4 is 29.6 Å². The summed E-state index contributed by atoms with van der Waals surface area (Å²) in [5.41, 5.74) is 3.98. The van der Waals surface area contributed by atoms with Gasteiger partial charge in [0.1, 0.15) is 5.82 Å². The first-order valence-corrected chi connectivity index (χ1v) is 8.78. The molecule has 0 radical (unpaired) electrons. The van der Waals surface area contributed by atoms with Gasteiger partial charge in [-0.2, -0.15) is 5.10 Å². The minimum atomic E-state index is -0.482. The van der Waals surface area contributed by atoms with Gasteiger partial charge in [-0.15, -0.1) is 11.8 Å². The third kappa shape index (κ3) is 4.44. The molecule has 1 heterocycles. The van der Waals surface area contributed by atoms with Crippen LogP contribution >= 0.6 is 11.8 Å². The SMILES string of the molecule is O=C(N/N=C/c1ccc([N+](=O)[O-])cc1)[C@H]1CSC(c2ccc(F)cc2)N1. The molecule has 0 aromatic heterocycles. The number of non-ortho nitro benzene ring substituents is 1. The van der Waals surface area contributed by atoms with Crippen LogP contribution in [-0.4, -0.2) is 28.8 Å². The Hall–Kier alpha value is -2.78. The zero-order valence-electron chi connectivity index (χ0n) is 13.5. The Morgan fingerprint density at radius 2 is 1.96 bits per heavy atom. The van der Waals surface area contributed by atoms with E-state index in [1.165, 1.54) is 30.5 Å². The lowest BCUT2D eigenvalue weighted by Crippen LogP contribution is -2.40. The maximum absolute atomic E-state index is 13.0. The van der Waals surface area contributed by atoms with Crippen molar-refractivity contribution in [1.29, 1.82) is 0 Å². The van der Waals surface area contributed by atoms with Crippen LogP contribution in [0.5, 0.6) is 0 Å². The van der Waals surface area contributed by atoms with E-state index in [9.17, 15) is 19.3 Å². The molecule has 0 spiro atoms. The number of nitro benzene ring substituents is 1. The second kappa shape index (κ2) is 8.07. The van der Waals surface area contributed by atoms with E-state index >= 15 is 0 Å². The van der Waals surface area contributed by atoms with Gasteiger partial charge in [-0.3, -0.25) is 20.2 Å². The lowest BCUT2D eigenvalue weighted by Gasteiger charge is -2.12. The molecule has 1 saturated heterocycles. The number of hydrazone groups is 1. The molecule has 1 aliphatic heterocycles. The maximum atomic E-state index is 13.0. The van der Waals surface area contributed by atoms with Crippen LogP contribution in [0.25, 0.3) is 0 Å². The number of carbonyl (C=O) groups excluding carboxylic acids is 1. The van der Waals surface area contributed by atoms with Gasteiger partial charge in [-0.1, -0.05) is 12.1 Å². The van der Waals surface area contributed by atoms with E-state index in [4.69, 9.17) is 0 Å². The summed E-state index contributed by atoms with van der Waals surface area (Å²) < 4.78 is 13.0. The van der Waals surface area contributed by atoms with Gasteiger partial charge in [0.2, 0.25) is 0 Å². The number of thioether (sulfide) groups is 1. The zero-order chi connectivity index (χ0) is 18.5. The minimum Gasteiger partial charge on any atom is -0.290 e. The molecule has 7 nitrogen and oxygen atoms in total. The Morgan fingerprint density at radius 1 is 1.27 bits per heavy atom. The molecule has 26 heavy (non-hydrogen) atoms. The molecule has 3 rings (SSSR count). The predicted molar refractivity (Wildman–Crippen MR) is 97.4 cm³/mol. The molecular weight excluding hydrogens is 359 g/mol. The number of benzene rings is 2. The molecular formula is C17H15FN4O3S. The van der Waals surface area contributed by atoms with Crippen molar-refractivity contribution in [3.05, 3.63) is 75.6 Å². The molecule has 0 aliphatic carbocycles. The van der Waals surface area contributed by atoms with Crippen molar-refractivity contribution in [3.8, 4) is 0 Å². The predicted octanol–water partition coefficient (Wildman–Crippen LogP) is 2.59. The van der Waals surface area contributed by atoms with Crippen molar-refractivity contribution in [3.63, 3.8) is 0 Å². The molecule has 9 heteroatoms. The lowest BCUT2D eigenvalue weighted by atomic mass is 10.2. The Bertz CT molecular complexity index is 827. The lowest BCUT2D eigenvalue weighted by molar-refractivity contribution is -0.384. The monoisotopic (exact) mass is 374 g/mol. The number of rotatable bonds is 5. The van der Waals surface area contributed by atoms with Gasteiger partial charge in [0.05, 0.1) is 22.6 Å². The second-order valence-electron chi connectivity index (χ2n) is 5.57. The van der Waals surface area contributed by atoms with Gasteiger partial charge in [-0.05, 0) is 35.4 Å². The van der Waals surface area contributed by atoms with Gasteiger partial charge in [0, 0.05) is 17.9 Å². The van der Waals surface area contributed by atoms with E-state index in [0.717, 1.165) is 5.56 Å². The summed E-state index contributed by atoms with van der Waals surface area (Å²) in [5, 5.41) is 17.6. The van der Waals surface area contributed by atoms with Crippen molar-refractivity contribution in [2.75, 3.05) is 5.75 Å². The Labute approximate surface area is 152 Å². The number of halogens is 1. The van der Waals surface area contributed by atoms with Crippen molar-refractivity contribution in [2.24, 2.45) is 5.10 Å². The van der Waals surface area contributed by atoms with E-state index in [1.54, 1.807) is 36.0 Å². The summed E-state index contributed by atoms with van der Waals surface area (Å²) in [6.45, 7) is 0. The number of hydrogen-bond acceptors (Lipinski definition) is 6. The standard InChI is InChI=1S/C17H15FN4O3S/c18-13-5-3-12(4-6-13)17-20-15(10-26-17)16(23)21-19-9-11-1-7-14(8-2-11)22(24)25/h1-9,15,17,20H,10H2,(H,21,23)/b19-9+/t15-,17?/m1/s1. The molecule has 1 unspecified atom stereocenters. The summed E-state index contributed by atoms with van der Waals surface area (Å²) in [5.74, 6) is -0.00658. The van der Waals surface area contributed by atoms with Gasteiger partial charge in [-0.25, -0.2) is 9.82 Å². The summed E-state index contributed by atoms with van der Waals surface area (Å²) in [6, 6.07) is 11.6. The van der Waals surface area contributed by atoms with Crippen LogP contribution in [0.4, 0.5) is 10.1 Å². The normalized spacial score (nSPS) is 19.6. The number of nitrogens with one attached hydrogen (secondary N) is 2. The number of carbonyl (C=O) groups is 1. The smallest absolute Gasteiger partial charge is 0.269 e. The summed E-state index contributed by atoms with van der Waals surface area (Å²) in [4.78, 5) is 22.3.